The molecule has 0 spiro atoms. The molecule has 0 unspecified atom stereocenters. The molecule has 2 rings (SSSR count). The van der Waals surface area contributed by atoms with Gasteiger partial charge in [-0.05, 0) is 24.3 Å². The summed E-state index contributed by atoms with van der Waals surface area (Å²) < 4.78 is 37.7. The zero-order valence-electron chi connectivity index (χ0n) is 9.50. The molecule has 0 N–H and O–H groups in total. The monoisotopic (exact) mass is 390 g/mol. The lowest BCUT2D eigenvalue weighted by atomic mass is 10.3. The lowest BCUT2D eigenvalue weighted by molar-refractivity contribution is 0.453. The van der Waals surface area contributed by atoms with E-state index in [4.69, 9.17) is 9.31 Å². The van der Waals surface area contributed by atoms with Gasteiger partial charge in [-0.3, -0.25) is 0 Å². The summed E-state index contributed by atoms with van der Waals surface area (Å²) in [5.74, 6) is -0.194. The van der Waals surface area contributed by atoms with Crippen LogP contribution in [0.1, 0.15) is 0 Å². The molecule has 0 amide bonds. The largest absolute Gasteiger partial charge is 0.576 e. The van der Waals surface area contributed by atoms with Gasteiger partial charge in [-0.15, -0.1) is 0 Å². The van der Waals surface area contributed by atoms with Gasteiger partial charge in [-0.2, -0.15) is 0 Å². The topological polar surface area (TPSA) is 18.5 Å². The number of rotatable bonds is 4. The Bertz CT molecular complexity index is 504. The van der Waals surface area contributed by atoms with E-state index >= 15 is 0 Å². The van der Waals surface area contributed by atoms with E-state index < -0.39 is 11.6 Å². The van der Waals surface area contributed by atoms with Crippen LogP contribution in [0.25, 0.3) is 0 Å². The molecule has 0 aliphatic carbocycles. The molecule has 0 aliphatic heterocycles. The van der Waals surface area contributed by atoms with E-state index in [9.17, 15) is 8.78 Å². The Morgan fingerprint density at radius 3 is 1.53 bits per heavy atom. The van der Waals surface area contributed by atoms with E-state index in [1.165, 1.54) is 24.3 Å². The molecule has 2 aromatic rings. The van der Waals surface area contributed by atoms with E-state index in [0.717, 1.165) is 0 Å². The molecule has 0 saturated carbocycles. The minimum Gasteiger partial charge on any atom is -0.528 e. The zero-order valence-corrected chi connectivity index (χ0v) is 12.7. The van der Waals surface area contributed by atoms with Crippen LogP contribution in [-0.2, 0) is 0 Å². The second-order valence-corrected chi connectivity index (χ2v) is 5.45. The van der Waals surface area contributed by atoms with Crippen LogP contribution in [0.5, 0.6) is 11.5 Å². The Balaban J connectivity index is 1.96. The number of halogens is 4. The summed E-state index contributed by atoms with van der Waals surface area (Å²) in [6.07, 6.45) is 0. The van der Waals surface area contributed by atoms with Gasteiger partial charge >= 0.3 is 7.69 Å². The smallest absolute Gasteiger partial charge is 0.528 e. The van der Waals surface area contributed by atoms with Gasteiger partial charge in [0.2, 0.25) is 0 Å². The Labute approximate surface area is 126 Å². The average Bonchev–Trinajstić information content (AvgIpc) is 2.26. The van der Waals surface area contributed by atoms with Gasteiger partial charge in [-0.1, -0.05) is 31.9 Å². The van der Waals surface area contributed by atoms with Crippen molar-refractivity contribution < 1.29 is 18.1 Å². The molecule has 0 heterocycles. The fraction of sp³-hybridized carbons (Fsp3) is 0. The first-order valence-electron chi connectivity index (χ1n) is 5.21. The summed E-state index contributed by atoms with van der Waals surface area (Å²) in [6, 6.07) is 8.31. The van der Waals surface area contributed by atoms with E-state index in [-0.39, 0.29) is 7.69 Å². The van der Waals surface area contributed by atoms with Crippen molar-refractivity contribution in [2.45, 2.75) is 0 Å². The van der Waals surface area contributed by atoms with Crippen molar-refractivity contribution in [1.82, 2.24) is 0 Å². The third kappa shape index (κ3) is 4.51. The van der Waals surface area contributed by atoms with Crippen molar-refractivity contribution in [3.05, 3.63) is 57.0 Å². The molecule has 2 aromatic carbocycles. The average molecular weight is 392 g/mol. The van der Waals surface area contributed by atoms with Crippen LogP contribution < -0.4 is 9.31 Å². The molecule has 0 aromatic heterocycles. The maximum Gasteiger partial charge on any atom is 0.576 e. The van der Waals surface area contributed by atoms with Gasteiger partial charge in [0.15, 0.2) is 0 Å². The standard InChI is InChI=1S/C12H7BBr2F2O2/c14-7-1-9(16)5-11(3-7)18-13-19-12-4-8(15)2-10(17)6-12/h1-6,13H. The molecule has 0 fully saturated rings. The van der Waals surface area contributed by atoms with Crippen LogP contribution in [0.15, 0.2) is 45.3 Å². The highest BCUT2D eigenvalue weighted by Crippen LogP contribution is 2.22. The van der Waals surface area contributed by atoms with Crippen LogP contribution in [-0.4, -0.2) is 7.69 Å². The molecular weight excluding hydrogens is 385 g/mol. The molecule has 98 valence electrons. The van der Waals surface area contributed by atoms with E-state index in [1.54, 1.807) is 12.1 Å². The summed E-state index contributed by atoms with van der Waals surface area (Å²) in [5.41, 5.74) is 0. The molecule has 19 heavy (non-hydrogen) atoms. The third-order valence-electron chi connectivity index (χ3n) is 2.12. The summed E-state index contributed by atoms with van der Waals surface area (Å²) in [7, 11) is -0.147. The van der Waals surface area contributed by atoms with Gasteiger partial charge in [0.05, 0.1) is 0 Å². The maximum absolute atomic E-state index is 13.1. The van der Waals surface area contributed by atoms with Gasteiger partial charge in [0, 0.05) is 21.1 Å². The molecule has 0 saturated heterocycles. The Hall–Kier alpha value is -1.08. The molecule has 0 aliphatic rings. The minimum atomic E-state index is -0.419. The van der Waals surface area contributed by atoms with E-state index in [1.807, 2.05) is 0 Å². The van der Waals surface area contributed by atoms with E-state index in [0.29, 0.717) is 20.4 Å². The summed E-state index contributed by atoms with van der Waals surface area (Å²) in [5, 5.41) is 0. The highest BCUT2D eigenvalue weighted by molar-refractivity contribution is 9.10. The van der Waals surface area contributed by atoms with Gasteiger partial charge in [0.1, 0.15) is 23.1 Å². The molecule has 2 nitrogen and oxygen atoms in total. The second-order valence-electron chi connectivity index (χ2n) is 3.62. The molecule has 0 radical (unpaired) electrons. The van der Waals surface area contributed by atoms with Gasteiger partial charge < -0.3 is 9.31 Å². The number of hydrogen-bond donors (Lipinski definition) is 0. The van der Waals surface area contributed by atoms with Crippen LogP contribution in [0.4, 0.5) is 8.78 Å². The van der Waals surface area contributed by atoms with Crippen molar-refractivity contribution in [1.29, 1.82) is 0 Å². The number of benzene rings is 2. The van der Waals surface area contributed by atoms with Crippen LogP contribution in [0.3, 0.4) is 0 Å². The number of hydrogen-bond acceptors (Lipinski definition) is 2. The molecule has 7 heteroatoms. The van der Waals surface area contributed by atoms with Crippen molar-refractivity contribution in [2.75, 3.05) is 0 Å². The first kappa shape index (κ1) is 14.3. The van der Waals surface area contributed by atoms with Crippen molar-refractivity contribution in [3.8, 4) is 11.5 Å². The highest BCUT2D eigenvalue weighted by atomic mass is 79.9. The first-order valence-corrected chi connectivity index (χ1v) is 6.79. The third-order valence-corrected chi connectivity index (χ3v) is 3.04. The van der Waals surface area contributed by atoms with Crippen LogP contribution in [0.2, 0.25) is 0 Å². The Kier molecular flexibility index (Phi) is 4.82. The summed E-state index contributed by atoms with van der Waals surface area (Å²) in [6.45, 7) is 0. The van der Waals surface area contributed by atoms with Crippen molar-refractivity contribution >= 4 is 39.5 Å². The lowest BCUT2D eigenvalue weighted by Crippen LogP contribution is -2.11. The van der Waals surface area contributed by atoms with Gasteiger partial charge in [0.25, 0.3) is 0 Å². The predicted octanol–water partition coefficient (Wildman–Crippen LogP) is 4.21. The van der Waals surface area contributed by atoms with Crippen molar-refractivity contribution in [3.63, 3.8) is 0 Å². The van der Waals surface area contributed by atoms with E-state index in [2.05, 4.69) is 31.9 Å². The zero-order chi connectivity index (χ0) is 13.8. The summed E-state index contributed by atoms with van der Waals surface area (Å²) in [4.78, 5) is 0. The van der Waals surface area contributed by atoms with Crippen molar-refractivity contribution in [2.24, 2.45) is 0 Å². The normalized spacial score (nSPS) is 10.1. The maximum atomic E-state index is 13.1. The lowest BCUT2D eigenvalue weighted by Gasteiger charge is -2.08. The fourth-order valence-electron chi connectivity index (χ4n) is 1.39. The SMILES string of the molecule is Fc1cc(Br)cc(OBOc2cc(F)cc(Br)c2)c1. The van der Waals surface area contributed by atoms with Gasteiger partial charge in [-0.25, -0.2) is 8.78 Å². The quantitative estimate of drug-likeness (QED) is 0.727. The fourth-order valence-corrected chi connectivity index (χ4v) is 2.28. The molecule has 0 atom stereocenters. The molecular formula is C12H7BBr2F2O2. The van der Waals surface area contributed by atoms with Crippen LogP contribution >= 0.6 is 31.9 Å². The van der Waals surface area contributed by atoms with Crippen LogP contribution in [0, 0.1) is 11.6 Å². The highest BCUT2D eigenvalue weighted by Gasteiger charge is 2.04. The molecule has 0 bridgehead atoms. The minimum absolute atomic E-state index is 0.147. The second kappa shape index (κ2) is 6.39. The summed E-state index contributed by atoms with van der Waals surface area (Å²) >= 11 is 6.30. The Morgan fingerprint density at radius 2 is 1.16 bits per heavy atom. The predicted molar refractivity (Wildman–Crippen MR) is 76.6 cm³/mol. The Morgan fingerprint density at radius 1 is 0.737 bits per heavy atom. The first-order chi connectivity index (χ1) is 9.02.